The Bertz CT molecular complexity index is 889. The summed E-state index contributed by atoms with van der Waals surface area (Å²) in [5.41, 5.74) is -0.00779. The number of amides is 1. The molecule has 0 saturated carbocycles. The van der Waals surface area contributed by atoms with Crippen LogP contribution in [0, 0.1) is 6.92 Å². The molecule has 2 heterocycles. The van der Waals surface area contributed by atoms with Gasteiger partial charge in [-0.25, -0.2) is 0 Å². The van der Waals surface area contributed by atoms with Gasteiger partial charge in [0.1, 0.15) is 12.3 Å². The van der Waals surface area contributed by atoms with Crippen molar-refractivity contribution in [3.05, 3.63) is 40.7 Å². The molecule has 0 atom stereocenters. The highest BCUT2D eigenvalue weighted by molar-refractivity contribution is 6.32. The van der Waals surface area contributed by atoms with Crippen LogP contribution in [0.4, 0.5) is 18.9 Å². The van der Waals surface area contributed by atoms with Gasteiger partial charge in [0.25, 0.3) is 0 Å². The number of alkyl halides is 3. The average molecular weight is 445 g/mol. The maximum absolute atomic E-state index is 13.0. The number of aromatic nitrogens is 2. The molecule has 0 bridgehead atoms. The summed E-state index contributed by atoms with van der Waals surface area (Å²) in [6, 6.07) is 7.77. The van der Waals surface area contributed by atoms with Crippen LogP contribution in [0.25, 0.3) is 0 Å². The van der Waals surface area contributed by atoms with Gasteiger partial charge in [-0.1, -0.05) is 11.6 Å². The SMILES string of the molecule is Cc1c(Cl)c(C(F)(F)F)nn1CC(=O)N1CCN(c2ccc(OC(C)C)cc2)CC1. The van der Waals surface area contributed by atoms with Crippen LogP contribution < -0.4 is 9.64 Å². The van der Waals surface area contributed by atoms with Crippen LogP contribution in [-0.4, -0.2) is 52.9 Å². The van der Waals surface area contributed by atoms with E-state index in [9.17, 15) is 18.0 Å². The zero-order chi connectivity index (χ0) is 22.1. The lowest BCUT2D eigenvalue weighted by Crippen LogP contribution is -2.49. The molecule has 0 aliphatic carbocycles. The number of hydrogen-bond donors (Lipinski definition) is 0. The van der Waals surface area contributed by atoms with E-state index >= 15 is 0 Å². The van der Waals surface area contributed by atoms with Crippen molar-refractivity contribution in [3.63, 3.8) is 0 Å². The molecule has 1 aliphatic rings. The van der Waals surface area contributed by atoms with Crippen molar-refractivity contribution in [1.82, 2.24) is 14.7 Å². The van der Waals surface area contributed by atoms with E-state index in [0.717, 1.165) is 16.1 Å². The van der Waals surface area contributed by atoms with Crippen LogP contribution >= 0.6 is 11.6 Å². The molecule has 1 aromatic carbocycles. The first-order chi connectivity index (χ1) is 14.1. The molecule has 0 spiro atoms. The Morgan fingerprint density at radius 2 is 1.77 bits per heavy atom. The second-order valence-electron chi connectivity index (χ2n) is 7.43. The van der Waals surface area contributed by atoms with Crippen LogP contribution in [0.2, 0.25) is 5.02 Å². The quantitative estimate of drug-likeness (QED) is 0.699. The molecule has 1 saturated heterocycles. The fraction of sp³-hybridized carbons (Fsp3) is 0.500. The molecular weight excluding hydrogens is 421 g/mol. The summed E-state index contributed by atoms with van der Waals surface area (Å²) >= 11 is 5.75. The predicted octanol–water partition coefficient (Wildman–Crippen LogP) is 4.00. The lowest BCUT2D eigenvalue weighted by Gasteiger charge is -2.36. The van der Waals surface area contributed by atoms with Gasteiger partial charge in [0, 0.05) is 31.9 Å². The third-order valence-corrected chi connectivity index (χ3v) is 5.35. The van der Waals surface area contributed by atoms with Gasteiger partial charge in [0.15, 0.2) is 5.69 Å². The van der Waals surface area contributed by atoms with Crippen LogP contribution in [0.1, 0.15) is 25.2 Å². The van der Waals surface area contributed by atoms with Gasteiger partial charge in [0.05, 0.1) is 16.8 Å². The number of hydrogen-bond acceptors (Lipinski definition) is 4. The second kappa shape index (κ2) is 8.75. The van der Waals surface area contributed by atoms with Crippen molar-refractivity contribution < 1.29 is 22.7 Å². The lowest BCUT2D eigenvalue weighted by atomic mass is 10.2. The molecule has 30 heavy (non-hydrogen) atoms. The Hall–Kier alpha value is -2.42. The van der Waals surface area contributed by atoms with Gasteiger partial charge >= 0.3 is 6.18 Å². The summed E-state index contributed by atoms with van der Waals surface area (Å²) in [4.78, 5) is 16.4. The average Bonchev–Trinajstić information content (AvgIpc) is 2.97. The highest BCUT2D eigenvalue weighted by Crippen LogP contribution is 2.35. The molecule has 0 unspecified atom stereocenters. The van der Waals surface area contributed by atoms with Crippen molar-refractivity contribution in [3.8, 4) is 5.75 Å². The summed E-state index contributed by atoms with van der Waals surface area (Å²) < 4.78 is 45.5. The molecule has 1 amide bonds. The minimum absolute atomic E-state index is 0.103. The van der Waals surface area contributed by atoms with Gasteiger partial charge in [-0.05, 0) is 45.0 Å². The Kier molecular flexibility index (Phi) is 6.50. The maximum atomic E-state index is 13.0. The number of piperazine rings is 1. The molecule has 10 heteroatoms. The van der Waals surface area contributed by atoms with E-state index < -0.39 is 16.9 Å². The molecule has 2 aromatic rings. The number of carbonyl (C=O) groups is 1. The first-order valence-corrected chi connectivity index (χ1v) is 10.0. The highest BCUT2D eigenvalue weighted by Gasteiger charge is 2.38. The van der Waals surface area contributed by atoms with E-state index in [1.165, 1.54) is 6.92 Å². The van der Waals surface area contributed by atoms with E-state index in [-0.39, 0.29) is 24.2 Å². The van der Waals surface area contributed by atoms with Crippen molar-refractivity contribution >= 4 is 23.2 Å². The minimum Gasteiger partial charge on any atom is -0.491 e. The molecule has 1 aliphatic heterocycles. The number of halogens is 4. The first kappa shape index (κ1) is 22.3. The van der Waals surface area contributed by atoms with Crippen LogP contribution in [-0.2, 0) is 17.5 Å². The van der Waals surface area contributed by atoms with E-state index in [1.807, 2.05) is 38.1 Å². The summed E-state index contributed by atoms with van der Waals surface area (Å²) in [5.74, 6) is 0.514. The highest BCUT2D eigenvalue weighted by atomic mass is 35.5. The molecular formula is C20H24ClF3N4O2. The zero-order valence-corrected chi connectivity index (χ0v) is 17.8. The first-order valence-electron chi connectivity index (χ1n) is 9.66. The summed E-state index contributed by atoms with van der Waals surface area (Å²) in [6.45, 7) is 7.28. The lowest BCUT2D eigenvalue weighted by molar-refractivity contribution is -0.142. The number of benzene rings is 1. The molecule has 3 rings (SSSR count). The minimum atomic E-state index is -4.66. The summed E-state index contributed by atoms with van der Waals surface area (Å²) in [5, 5.41) is 3.03. The normalized spacial score (nSPS) is 15.1. The molecule has 0 N–H and O–H groups in total. The van der Waals surface area contributed by atoms with Crippen LogP contribution in [0.3, 0.4) is 0 Å². The topological polar surface area (TPSA) is 50.6 Å². The van der Waals surface area contributed by atoms with Gasteiger partial charge in [-0.3, -0.25) is 9.48 Å². The number of ether oxygens (including phenoxy) is 1. The fourth-order valence-corrected chi connectivity index (χ4v) is 3.55. The zero-order valence-electron chi connectivity index (χ0n) is 17.0. The molecule has 164 valence electrons. The Morgan fingerprint density at radius 1 is 1.17 bits per heavy atom. The molecule has 6 nitrogen and oxygen atoms in total. The number of anilines is 1. The molecule has 1 aromatic heterocycles. The second-order valence-corrected chi connectivity index (χ2v) is 7.81. The molecule has 0 radical (unpaired) electrons. The maximum Gasteiger partial charge on any atom is 0.436 e. The van der Waals surface area contributed by atoms with Gasteiger partial charge in [0.2, 0.25) is 5.91 Å². The Labute approximate surface area is 178 Å². The summed E-state index contributed by atoms with van der Waals surface area (Å²) in [7, 11) is 0. The van der Waals surface area contributed by atoms with E-state index in [1.54, 1.807) is 4.90 Å². The number of nitrogens with zero attached hydrogens (tertiary/aromatic N) is 4. The third kappa shape index (κ3) is 5.00. The van der Waals surface area contributed by atoms with Gasteiger partial charge < -0.3 is 14.5 Å². The fourth-order valence-electron chi connectivity index (χ4n) is 3.31. The van der Waals surface area contributed by atoms with Crippen LogP contribution in [0.5, 0.6) is 5.75 Å². The Morgan fingerprint density at radius 3 is 2.27 bits per heavy atom. The van der Waals surface area contributed by atoms with Crippen LogP contribution in [0.15, 0.2) is 24.3 Å². The molecule has 1 fully saturated rings. The standard InChI is InChI=1S/C20H24ClF3N4O2/c1-13(2)30-16-6-4-15(5-7-16)26-8-10-27(11-9-26)17(29)12-28-14(3)18(21)19(25-28)20(22,23)24/h4-7,13H,8-12H2,1-3H3. The van der Waals surface area contributed by atoms with Gasteiger partial charge in [-0.15, -0.1) is 0 Å². The van der Waals surface area contributed by atoms with Gasteiger partial charge in [-0.2, -0.15) is 18.3 Å². The predicted molar refractivity (Wildman–Crippen MR) is 108 cm³/mol. The van der Waals surface area contributed by atoms with E-state index in [4.69, 9.17) is 16.3 Å². The van der Waals surface area contributed by atoms with Crippen molar-refractivity contribution in [2.75, 3.05) is 31.1 Å². The van der Waals surface area contributed by atoms with E-state index in [2.05, 4.69) is 10.00 Å². The largest absolute Gasteiger partial charge is 0.491 e. The van der Waals surface area contributed by atoms with Crippen molar-refractivity contribution in [2.45, 2.75) is 39.6 Å². The smallest absolute Gasteiger partial charge is 0.436 e. The third-order valence-electron chi connectivity index (χ3n) is 4.89. The van der Waals surface area contributed by atoms with E-state index in [0.29, 0.717) is 26.2 Å². The number of carbonyl (C=O) groups excluding carboxylic acids is 1. The van der Waals surface area contributed by atoms with Crippen molar-refractivity contribution in [2.24, 2.45) is 0 Å². The monoisotopic (exact) mass is 444 g/mol. The Balaban J connectivity index is 1.58. The number of rotatable bonds is 5. The van der Waals surface area contributed by atoms with Crippen molar-refractivity contribution in [1.29, 1.82) is 0 Å². The summed E-state index contributed by atoms with van der Waals surface area (Å²) in [6.07, 6.45) is -4.55.